The smallest absolute Gasteiger partial charge is 0.309 e. The Morgan fingerprint density at radius 1 is 1.03 bits per heavy atom. The first-order chi connectivity index (χ1) is 15.2. The molecule has 0 spiro atoms. The average molecular weight is 424 g/mol. The van der Waals surface area contributed by atoms with Crippen LogP contribution in [0.15, 0.2) is 59.6 Å². The molecule has 1 saturated heterocycles. The van der Waals surface area contributed by atoms with E-state index in [9.17, 15) is 4.79 Å². The predicted molar refractivity (Wildman–Crippen MR) is 123 cm³/mol. The second-order valence-electron chi connectivity index (χ2n) is 7.66. The number of carbonyl (C=O) groups is 1. The molecule has 0 amide bonds. The molecule has 6 heteroatoms. The van der Waals surface area contributed by atoms with Gasteiger partial charge in [0.2, 0.25) is 0 Å². The van der Waals surface area contributed by atoms with Crippen LogP contribution >= 0.6 is 0 Å². The number of benzene rings is 2. The highest BCUT2D eigenvalue weighted by Gasteiger charge is 2.27. The molecule has 31 heavy (non-hydrogen) atoms. The highest BCUT2D eigenvalue weighted by molar-refractivity contribution is 5.80. The summed E-state index contributed by atoms with van der Waals surface area (Å²) in [4.78, 5) is 18.6. The molecule has 166 valence electrons. The van der Waals surface area contributed by atoms with Gasteiger partial charge in [0.1, 0.15) is 0 Å². The number of guanidine groups is 1. The van der Waals surface area contributed by atoms with Crippen LogP contribution in [-0.2, 0) is 34.0 Å². The maximum atomic E-state index is 12.0. The van der Waals surface area contributed by atoms with Crippen LogP contribution in [0.4, 0.5) is 0 Å². The second-order valence-corrected chi connectivity index (χ2v) is 7.66. The van der Waals surface area contributed by atoms with Gasteiger partial charge in [-0.05, 0) is 36.5 Å². The van der Waals surface area contributed by atoms with Crippen LogP contribution in [0.1, 0.15) is 36.5 Å². The summed E-state index contributed by atoms with van der Waals surface area (Å²) >= 11 is 0. The molecule has 3 rings (SSSR count). The summed E-state index contributed by atoms with van der Waals surface area (Å²) in [7, 11) is 1.80. The Balaban J connectivity index is 1.50. The van der Waals surface area contributed by atoms with Gasteiger partial charge in [-0.1, -0.05) is 54.6 Å². The number of piperidine rings is 1. The Labute approximate surface area is 185 Å². The molecule has 0 saturated carbocycles. The van der Waals surface area contributed by atoms with Crippen molar-refractivity contribution < 1.29 is 14.3 Å². The molecular formula is C25H33N3O3. The number of nitrogens with one attached hydrogen (secondary N) is 1. The molecule has 0 aromatic heterocycles. The fourth-order valence-corrected chi connectivity index (χ4v) is 3.82. The van der Waals surface area contributed by atoms with Gasteiger partial charge < -0.3 is 19.7 Å². The van der Waals surface area contributed by atoms with Gasteiger partial charge in [0, 0.05) is 26.7 Å². The first-order valence-electron chi connectivity index (χ1n) is 11.0. The molecular weight excluding hydrogens is 390 g/mol. The summed E-state index contributed by atoms with van der Waals surface area (Å²) in [6.45, 7) is 5.72. The monoisotopic (exact) mass is 423 g/mol. The van der Waals surface area contributed by atoms with E-state index in [1.807, 2.05) is 37.3 Å². The standard InChI is InChI=1S/C25H33N3O3/c1-3-31-24(29)21-13-15-28(16-14-21)25(26-2)27-17-22-11-7-8-12-23(22)19-30-18-20-9-5-4-6-10-20/h4-12,21H,3,13-19H2,1-2H3,(H,26,27). The van der Waals surface area contributed by atoms with Gasteiger partial charge in [0.05, 0.1) is 25.7 Å². The van der Waals surface area contributed by atoms with E-state index < -0.39 is 0 Å². The molecule has 6 nitrogen and oxygen atoms in total. The maximum absolute atomic E-state index is 12.0. The molecule has 2 aromatic carbocycles. The van der Waals surface area contributed by atoms with Crippen LogP contribution in [0, 0.1) is 5.92 Å². The number of aliphatic imine (C=N–C) groups is 1. The van der Waals surface area contributed by atoms with Crippen molar-refractivity contribution in [2.75, 3.05) is 26.7 Å². The molecule has 1 N–H and O–H groups in total. The quantitative estimate of drug-likeness (QED) is 0.398. The Hall–Kier alpha value is -2.86. The summed E-state index contributed by atoms with van der Waals surface area (Å²) in [5.74, 6) is 0.786. The highest BCUT2D eigenvalue weighted by Crippen LogP contribution is 2.19. The van der Waals surface area contributed by atoms with Crippen molar-refractivity contribution in [3.63, 3.8) is 0 Å². The van der Waals surface area contributed by atoms with E-state index in [-0.39, 0.29) is 11.9 Å². The Kier molecular flexibility index (Phi) is 8.91. The predicted octanol–water partition coefficient (Wildman–Crippen LogP) is 3.75. The third kappa shape index (κ3) is 6.82. The summed E-state index contributed by atoms with van der Waals surface area (Å²) in [6, 6.07) is 18.5. The fourth-order valence-electron chi connectivity index (χ4n) is 3.82. The first-order valence-corrected chi connectivity index (χ1v) is 11.0. The van der Waals surface area contributed by atoms with E-state index in [2.05, 4.69) is 39.5 Å². The van der Waals surface area contributed by atoms with Gasteiger partial charge in [0.15, 0.2) is 5.96 Å². The number of likely N-dealkylation sites (tertiary alicyclic amines) is 1. The van der Waals surface area contributed by atoms with Gasteiger partial charge in [-0.25, -0.2) is 0 Å². The van der Waals surface area contributed by atoms with Crippen LogP contribution in [-0.4, -0.2) is 43.6 Å². The minimum Gasteiger partial charge on any atom is -0.466 e. The lowest BCUT2D eigenvalue weighted by Gasteiger charge is -2.33. The van der Waals surface area contributed by atoms with E-state index >= 15 is 0 Å². The minimum atomic E-state index is -0.0745. The summed E-state index contributed by atoms with van der Waals surface area (Å²) < 4.78 is 11.1. The van der Waals surface area contributed by atoms with E-state index in [1.165, 1.54) is 16.7 Å². The topological polar surface area (TPSA) is 63.2 Å². The molecule has 0 atom stereocenters. The molecule has 0 bridgehead atoms. The van der Waals surface area contributed by atoms with Crippen molar-refractivity contribution in [1.82, 2.24) is 10.2 Å². The first kappa shape index (κ1) is 22.8. The second kappa shape index (κ2) is 12.1. The van der Waals surface area contributed by atoms with Crippen molar-refractivity contribution in [3.05, 3.63) is 71.3 Å². The normalized spacial score (nSPS) is 15.0. The highest BCUT2D eigenvalue weighted by atomic mass is 16.5. The van der Waals surface area contributed by atoms with Crippen molar-refractivity contribution >= 4 is 11.9 Å². The maximum Gasteiger partial charge on any atom is 0.309 e. The number of hydrogen-bond donors (Lipinski definition) is 1. The third-order valence-corrected chi connectivity index (χ3v) is 5.55. The van der Waals surface area contributed by atoms with Crippen molar-refractivity contribution in [3.8, 4) is 0 Å². The minimum absolute atomic E-state index is 0.00297. The van der Waals surface area contributed by atoms with Crippen molar-refractivity contribution in [2.45, 2.75) is 39.5 Å². The summed E-state index contributed by atoms with van der Waals surface area (Å²) in [5.41, 5.74) is 3.53. The lowest BCUT2D eigenvalue weighted by atomic mass is 9.97. The van der Waals surface area contributed by atoms with E-state index in [4.69, 9.17) is 9.47 Å². The number of nitrogens with zero attached hydrogens (tertiary/aromatic N) is 2. The van der Waals surface area contributed by atoms with Crippen molar-refractivity contribution in [2.24, 2.45) is 10.9 Å². The Morgan fingerprint density at radius 3 is 2.39 bits per heavy atom. The molecule has 0 unspecified atom stereocenters. The number of esters is 1. The molecule has 1 heterocycles. The number of ether oxygens (including phenoxy) is 2. The van der Waals surface area contributed by atoms with E-state index in [0.29, 0.717) is 26.4 Å². The van der Waals surface area contributed by atoms with Crippen LogP contribution in [0.2, 0.25) is 0 Å². The number of carbonyl (C=O) groups excluding carboxylic acids is 1. The average Bonchev–Trinajstić information content (AvgIpc) is 2.81. The molecule has 2 aromatic rings. The summed E-state index contributed by atoms with van der Waals surface area (Å²) in [6.07, 6.45) is 1.59. The lowest BCUT2D eigenvalue weighted by Crippen LogP contribution is -2.46. The van der Waals surface area contributed by atoms with Crippen LogP contribution in [0.25, 0.3) is 0 Å². The zero-order valence-corrected chi connectivity index (χ0v) is 18.5. The molecule has 1 aliphatic heterocycles. The van der Waals surface area contributed by atoms with Gasteiger partial charge in [-0.3, -0.25) is 9.79 Å². The van der Waals surface area contributed by atoms with E-state index in [1.54, 1.807) is 7.05 Å². The molecule has 0 radical (unpaired) electrons. The molecule has 1 aliphatic rings. The molecule has 0 aliphatic carbocycles. The Morgan fingerprint density at radius 2 is 1.71 bits per heavy atom. The molecule has 1 fully saturated rings. The SMILES string of the molecule is CCOC(=O)C1CCN(C(=NC)NCc2ccccc2COCc2ccccc2)CC1. The zero-order valence-electron chi connectivity index (χ0n) is 18.5. The number of hydrogen-bond acceptors (Lipinski definition) is 4. The third-order valence-electron chi connectivity index (χ3n) is 5.55. The fraction of sp³-hybridized carbons (Fsp3) is 0.440. The lowest BCUT2D eigenvalue weighted by molar-refractivity contribution is -0.149. The Bertz CT molecular complexity index is 846. The van der Waals surface area contributed by atoms with Crippen LogP contribution < -0.4 is 5.32 Å². The van der Waals surface area contributed by atoms with E-state index in [0.717, 1.165) is 31.9 Å². The van der Waals surface area contributed by atoms with Crippen molar-refractivity contribution in [1.29, 1.82) is 0 Å². The van der Waals surface area contributed by atoms with Crippen LogP contribution in [0.5, 0.6) is 0 Å². The van der Waals surface area contributed by atoms with Gasteiger partial charge in [-0.15, -0.1) is 0 Å². The van der Waals surface area contributed by atoms with Crippen LogP contribution in [0.3, 0.4) is 0 Å². The van der Waals surface area contributed by atoms with Gasteiger partial charge >= 0.3 is 5.97 Å². The summed E-state index contributed by atoms with van der Waals surface area (Å²) in [5, 5.41) is 3.48. The van der Waals surface area contributed by atoms with Gasteiger partial charge in [0.25, 0.3) is 0 Å². The van der Waals surface area contributed by atoms with Gasteiger partial charge in [-0.2, -0.15) is 0 Å². The zero-order chi connectivity index (χ0) is 21.9. The largest absolute Gasteiger partial charge is 0.466 e. The number of rotatable bonds is 8.